The molecule has 1 aromatic rings. The second-order valence-electron chi connectivity index (χ2n) is 1.75. The molecule has 2 nitrogen and oxygen atoms in total. The largest absolute Gasteiger partial charge is 0.289 e. The molecule has 1 aromatic heterocycles. The summed E-state index contributed by atoms with van der Waals surface area (Å²) in [5.74, 6) is 4.78. The Hall–Kier alpha value is -1.33. The topological polar surface area (TPSA) is 30.0 Å². The van der Waals surface area contributed by atoms with Gasteiger partial charge in [0.05, 0.1) is 5.02 Å². The molecule has 0 unspecified atom stereocenters. The van der Waals surface area contributed by atoms with E-state index in [-0.39, 0.29) is 0 Å². The van der Waals surface area contributed by atoms with Crippen molar-refractivity contribution in [3.63, 3.8) is 0 Å². The average Bonchev–Trinajstić information content (AvgIpc) is 2.04. The van der Waals surface area contributed by atoms with Crippen LogP contribution >= 0.6 is 11.6 Å². The number of pyridine rings is 1. The Labute approximate surface area is 69.2 Å². The van der Waals surface area contributed by atoms with E-state index in [4.69, 9.17) is 11.6 Å². The highest BCUT2D eigenvalue weighted by molar-refractivity contribution is 6.30. The van der Waals surface area contributed by atoms with E-state index in [1.165, 1.54) is 6.20 Å². The summed E-state index contributed by atoms with van der Waals surface area (Å²) < 4.78 is 0. The van der Waals surface area contributed by atoms with E-state index in [1.54, 1.807) is 12.1 Å². The van der Waals surface area contributed by atoms with Gasteiger partial charge in [-0.05, 0) is 24.0 Å². The zero-order chi connectivity index (χ0) is 8.10. The van der Waals surface area contributed by atoms with Crippen LogP contribution in [0.2, 0.25) is 5.02 Å². The fraction of sp³-hybridized carbons (Fsp3) is 0. The lowest BCUT2D eigenvalue weighted by Gasteiger charge is -1.87. The molecule has 0 N–H and O–H groups in total. The number of carbonyl (C=O) groups excluding carboxylic acids is 1. The first-order valence-electron chi connectivity index (χ1n) is 2.89. The Balaban J connectivity index is 2.90. The number of halogens is 1. The first-order valence-corrected chi connectivity index (χ1v) is 3.27. The molecule has 54 valence electrons. The highest BCUT2D eigenvalue weighted by Crippen LogP contribution is 2.04. The lowest BCUT2D eigenvalue weighted by molar-refractivity contribution is -0.103. The van der Waals surface area contributed by atoms with E-state index in [1.807, 2.05) is 0 Å². The molecule has 0 saturated carbocycles. The van der Waals surface area contributed by atoms with Crippen LogP contribution in [0.4, 0.5) is 0 Å². The van der Waals surface area contributed by atoms with Crippen molar-refractivity contribution in [3.05, 3.63) is 29.0 Å². The van der Waals surface area contributed by atoms with Crippen LogP contribution in [0.5, 0.6) is 0 Å². The maximum Gasteiger partial charge on any atom is 0.193 e. The summed E-state index contributed by atoms with van der Waals surface area (Å²) in [4.78, 5) is 13.7. The predicted octanol–water partition coefficient (Wildman–Crippen LogP) is 1.29. The Morgan fingerprint density at radius 1 is 1.55 bits per heavy atom. The molecule has 3 heteroatoms. The predicted molar refractivity (Wildman–Crippen MR) is 42.2 cm³/mol. The molecule has 0 aliphatic carbocycles. The Kier molecular flexibility index (Phi) is 2.65. The third kappa shape index (κ3) is 2.40. The third-order valence-electron chi connectivity index (χ3n) is 0.987. The van der Waals surface area contributed by atoms with Gasteiger partial charge in [-0.15, -0.1) is 0 Å². The second-order valence-corrected chi connectivity index (χ2v) is 2.19. The smallest absolute Gasteiger partial charge is 0.193 e. The fourth-order valence-corrected chi connectivity index (χ4v) is 0.665. The minimum Gasteiger partial charge on any atom is -0.289 e. The zero-order valence-corrected chi connectivity index (χ0v) is 6.30. The van der Waals surface area contributed by atoms with Crippen molar-refractivity contribution in [1.29, 1.82) is 0 Å². The molecule has 1 rings (SSSR count). The van der Waals surface area contributed by atoms with Crippen LogP contribution in [-0.2, 0) is 4.79 Å². The molecule has 0 bridgehead atoms. The van der Waals surface area contributed by atoms with Gasteiger partial charge in [0.15, 0.2) is 6.29 Å². The molecule has 1 heterocycles. The van der Waals surface area contributed by atoms with Crippen LogP contribution in [0, 0.1) is 11.8 Å². The van der Waals surface area contributed by atoms with Crippen molar-refractivity contribution in [2.45, 2.75) is 0 Å². The summed E-state index contributed by atoms with van der Waals surface area (Å²) in [5.41, 5.74) is 0.543. The van der Waals surface area contributed by atoms with E-state index in [0.29, 0.717) is 17.0 Å². The van der Waals surface area contributed by atoms with E-state index < -0.39 is 0 Å². The number of nitrogens with zero attached hydrogens (tertiary/aromatic N) is 1. The van der Waals surface area contributed by atoms with Crippen LogP contribution in [0.25, 0.3) is 0 Å². The van der Waals surface area contributed by atoms with Crippen LogP contribution in [-0.4, -0.2) is 11.3 Å². The molecule has 0 spiro atoms. The van der Waals surface area contributed by atoms with E-state index in [2.05, 4.69) is 16.8 Å². The number of hydrogen-bond donors (Lipinski definition) is 0. The Morgan fingerprint density at radius 3 is 2.91 bits per heavy atom. The summed E-state index contributed by atoms with van der Waals surface area (Å²) >= 11 is 5.57. The number of hydrogen-bond acceptors (Lipinski definition) is 2. The van der Waals surface area contributed by atoms with Crippen LogP contribution in [0.15, 0.2) is 18.3 Å². The molecular weight excluding hydrogens is 162 g/mol. The van der Waals surface area contributed by atoms with Gasteiger partial charge in [-0.1, -0.05) is 11.6 Å². The minimum atomic E-state index is 0.524. The van der Waals surface area contributed by atoms with Gasteiger partial charge in [0.1, 0.15) is 5.69 Å². The summed E-state index contributed by atoms with van der Waals surface area (Å²) in [6, 6.07) is 3.32. The lowest BCUT2D eigenvalue weighted by atomic mass is 10.3. The van der Waals surface area contributed by atoms with Crippen LogP contribution in [0.1, 0.15) is 5.69 Å². The highest BCUT2D eigenvalue weighted by atomic mass is 35.5. The van der Waals surface area contributed by atoms with Crippen LogP contribution in [0.3, 0.4) is 0 Å². The SMILES string of the molecule is O=CC#Cc1ccc(Cl)cn1. The summed E-state index contributed by atoms with van der Waals surface area (Å²) in [6.07, 6.45) is 2.01. The van der Waals surface area contributed by atoms with E-state index in [9.17, 15) is 4.79 Å². The van der Waals surface area contributed by atoms with Gasteiger partial charge in [0.25, 0.3) is 0 Å². The molecule has 0 radical (unpaired) electrons. The molecule has 0 aromatic carbocycles. The van der Waals surface area contributed by atoms with E-state index >= 15 is 0 Å². The Bertz CT molecular complexity index is 307. The summed E-state index contributed by atoms with van der Waals surface area (Å²) in [7, 11) is 0. The standard InChI is InChI=1S/C8H4ClNO/c9-7-3-4-8(10-6-7)2-1-5-11/h3-6H. The van der Waals surface area contributed by atoms with Gasteiger partial charge >= 0.3 is 0 Å². The maximum absolute atomic E-state index is 9.82. The van der Waals surface area contributed by atoms with Gasteiger partial charge in [0.2, 0.25) is 0 Å². The van der Waals surface area contributed by atoms with Gasteiger partial charge in [-0.25, -0.2) is 4.98 Å². The van der Waals surface area contributed by atoms with Crippen molar-refractivity contribution >= 4 is 17.9 Å². The fourth-order valence-electron chi connectivity index (χ4n) is 0.553. The number of rotatable bonds is 0. The molecule has 0 saturated heterocycles. The first kappa shape index (κ1) is 7.77. The van der Waals surface area contributed by atoms with Crippen LogP contribution < -0.4 is 0 Å². The number of aromatic nitrogens is 1. The molecular formula is C8H4ClNO. The normalized spacial score (nSPS) is 8.09. The molecule has 0 atom stereocenters. The monoisotopic (exact) mass is 165 g/mol. The number of aldehydes is 1. The lowest BCUT2D eigenvalue weighted by Crippen LogP contribution is -1.79. The average molecular weight is 166 g/mol. The van der Waals surface area contributed by atoms with E-state index in [0.717, 1.165) is 0 Å². The quantitative estimate of drug-likeness (QED) is 0.428. The third-order valence-corrected chi connectivity index (χ3v) is 1.21. The van der Waals surface area contributed by atoms with Gasteiger partial charge in [0, 0.05) is 6.20 Å². The molecule has 0 aliphatic rings. The Morgan fingerprint density at radius 2 is 2.36 bits per heavy atom. The van der Waals surface area contributed by atoms with Crippen molar-refractivity contribution < 1.29 is 4.79 Å². The molecule has 11 heavy (non-hydrogen) atoms. The number of carbonyl (C=O) groups is 1. The van der Waals surface area contributed by atoms with Gasteiger partial charge in [-0.2, -0.15) is 0 Å². The van der Waals surface area contributed by atoms with Gasteiger partial charge in [-0.3, -0.25) is 4.79 Å². The second kappa shape index (κ2) is 3.75. The maximum atomic E-state index is 9.82. The van der Waals surface area contributed by atoms with Crippen molar-refractivity contribution in [2.75, 3.05) is 0 Å². The summed E-state index contributed by atoms with van der Waals surface area (Å²) in [6.45, 7) is 0. The highest BCUT2D eigenvalue weighted by Gasteiger charge is 1.87. The van der Waals surface area contributed by atoms with Crippen molar-refractivity contribution in [2.24, 2.45) is 0 Å². The van der Waals surface area contributed by atoms with Crippen molar-refractivity contribution in [3.8, 4) is 11.8 Å². The zero-order valence-electron chi connectivity index (χ0n) is 5.54. The van der Waals surface area contributed by atoms with Crippen molar-refractivity contribution in [1.82, 2.24) is 4.98 Å². The molecule has 0 aliphatic heterocycles. The summed E-state index contributed by atoms with van der Waals surface area (Å²) in [5, 5.41) is 0.557. The minimum absolute atomic E-state index is 0.524. The first-order chi connectivity index (χ1) is 5.33. The van der Waals surface area contributed by atoms with Gasteiger partial charge < -0.3 is 0 Å². The molecule has 0 amide bonds. The molecule has 0 fully saturated rings.